The summed E-state index contributed by atoms with van der Waals surface area (Å²) in [6, 6.07) is 0.915. The summed E-state index contributed by atoms with van der Waals surface area (Å²) >= 11 is 0. The number of ether oxygens (including phenoxy) is 1. The van der Waals surface area contributed by atoms with Gasteiger partial charge in [-0.05, 0) is 115 Å². The smallest absolute Gasteiger partial charge is 0.320 e. The Hall–Kier alpha value is -2.54. The van der Waals surface area contributed by atoms with E-state index < -0.39 is 0 Å². The standard InChI is InChI=1S/C28H45N3O2.C10H19NO/c1-6-9-11-24(7-2)12-10-17-29(8-3)26-13-16-28(20-26)22-30(27(32)31(28)23(4)5)21-25-14-18-33-19-15-25;1-3-8-4-6-9(7-5-8)10(12)11-2/h6-9,11,23,25-26H,2-3,10,12-22H2,1,4-5H3;8-9H,3-7H2,1-2H3,(H,11,12)/b9-6-,24-11+;. The molecule has 2 saturated carbocycles. The van der Waals surface area contributed by atoms with E-state index in [1.807, 2.05) is 25.3 Å². The van der Waals surface area contributed by atoms with Gasteiger partial charge in [-0.15, -0.1) is 0 Å². The number of urea groups is 1. The van der Waals surface area contributed by atoms with Gasteiger partial charge in [0.15, 0.2) is 0 Å². The van der Waals surface area contributed by atoms with E-state index in [1.165, 1.54) is 24.8 Å². The zero-order chi connectivity index (χ0) is 32.8. The lowest BCUT2D eigenvalue weighted by molar-refractivity contribution is -0.125. The van der Waals surface area contributed by atoms with Gasteiger partial charge in [0.05, 0.1) is 5.54 Å². The largest absolute Gasteiger partial charge is 0.381 e. The van der Waals surface area contributed by atoms with Crippen LogP contribution in [0.25, 0.3) is 0 Å². The van der Waals surface area contributed by atoms with Crippen molar-refractivity contribution >= 4 is 11.9 Å². The van der Waals surface area contributed by atoms with Crippen LogP contribution in [0.1, 0.15) is 105 Å². The third kappa shape index (κ3) is 10.2. The van der Waals surface area contributed by atoms with Crippen LogP contribution >= 0.6 is 0 Å². The van der Waals surface area contributed by atoms with Gasteiger partial charge >= 0.3 is 6.03 Å². The van der Waals surface area contributed by atoms with Gasteiger partial charge in [-0.1, -0.05) is 50.8 Å². The SMILES string of the molecule is C=C/C(=C\C=C/C)CCCN(C=C)C1CCC2(C1)CN(CC1CCOCC1)C(=O)N2C(C)C.CCC1CCC(C(=O)NC)CC1. The van der Waals surface area contributed by atoms with Gasteiger partial charge in [-0.25, -0.2) is 4.79 Å². The number of carbonyl (C=O) groups excluding carboxylic acids is 2. The highest BCUT2D eigenvalue weighted by atomic mass is 16.5. The van der Waals surface area contributed by atoms with Crippen LogP contribution in [0.15, 0.2) is 49.2 Å². The number of allylic oxidation sites excluding steroid dienone is 5. The summed E-state index contributed by atoms with van der Waals surface area (Å²) in [6.45, 7) is 21.1. The van der Waals surface area contributed by atoms with Crippen molar-refractivity contribution in [3.63, 3.8) is 0 Å². The van der Waals surface area contributed by atoms with Crippen LogP contribution in [0, 0.1) is 17.8 Å². The molecular weight excluding hydrogens is 560 g/mol. The summed E-state index contributed by atoms with van der Waals surface area (Å²) in [4.78, 5) is 31.5. The fourth-order valence-corrected chi connectivity index (χ4v) is 8.13. The molecule has 4 fully saturated rings. The topological polar surface area (TPSA) is 65.1 Å². The molecule has 0 aromatic rings. The fourth-order valence-electron chi connectivity index (χ4n) is 8.13. The zero-order valence-corrected chi connectivity index (χ0v) is 29.3. The number of hydrogen-bond donors (Lipinski definition) is 1. The van der Waals surface area contributed by atoms with Crippen LogP contribution in [-0.4, -0.2) is 84.2 Å². The summed E-state index contributed by atoms with van der Waals surface area (Å²) in [5.74, 6) is 2.00. The van der Waals surface area contributed by atoms with Gasteiger partial charge in [-0.2, -0.15) is 0 Å². The van der Waals surface area contributed by atoms with Crippen molar-refractivity contribution < 1.29 is 14.3 Å². The lowest BCUT2D eigenvalue weighted by Crippen LogP contribution is -2.50. The van der Waals surface area contributed by atoms with Crippen LogP contribution in [0.2, 0.25) is 0 Å². The Kier molecular flexibility index (Phi) is 15.2. The third-order valence-corrected chi connectivity index (χ3v) is 10.8. The van der Waals surface area contributed by atoms with Gasteiger partial charge in [-0.3, -0.25) is 4.79 Å². The molecule has 7 nitrogen and oxygen atoms in total. The normalized spacial score (nSPS) is 27.6. The summed E-state index contributed by atoms with van der Waals surface area (Å²) in [7, 11) is 1.73. The van der Waals surface area contributed by atoms with E-state index in [1.54, 1.807) is 7.05 Å². The quantitative estimate of drug-likeness (QED) is 0.213. The first kappa shape index (κ1) is 36.9. The molecule has 2 atom stereocenters. The first-order valence-electron chi connectivity index (χ1n) is 17.9. The van der Waals surface area contributed by atoms with Crippen molar-refractivity contribution in [3.8, 4) is 0 Å². The second-order valence-electron chi connectivity index (χ2n) is 14.0. The average molecular weight is 625 g/mol. The van der Waals surface area contributed by atoms with Crippen molar-refractivity contribution in [3.05, 3.63) is 49.2 Å². The molecule has 2 aliphatic carbocycles. The molecule has 4 aliphatic rings. The van der Waals surface area contributed by atoms with Crippen molar-refractivity contribution in [1.29, 1.82) is 0 Å². The Morgan fingerprint density at radius 2 is 1.82 bits per heavy atom. The van der Waals surface area contributed by atoms with E-state index >= 15 is 0 Å². The molecule has 1 N–H and O–H groups in total. The Morgan fingerprint density at radius 3 is 2.40 bits per heavy atom. The maximum absolute atomic E-state index is 13.5. The van der Waals surface area contributed by atoms with Crippen molar-refractivity contribution in [1.82, 2.24) is 20.0 Å². The third-order valence-electron chi connectivity index (χ3n) is 10.8. The second-order valence-corrected chi connectivity index (χ2v) is 14.0. The first-order valence-corrected chi connectivity index (χ1v) is 17.9. The molecule has 254 valence electrons. The summed E-state index contributed by atoms with van der Waals surface area (Å²) in [5.41, 5.74) is 1.23. The summed E-state index contributed by atoms with van der Waals surface area (Å²) < 4.78 is 5.53. The Morgan fingerprint density at radius 1 is 1.11 bits per heavy atom. The Bertz CT molecular complexity index is 1010. The number of carbonyl (C=O) groups is 2. The van der Waals surface area contributed by atoms with E-state index in [9.17, 15) is 9.59 Å². The predicted octanol–water partition coefficient (Wildman–Crippen LogP) is 7.71. The van der Waals surface area contributed by atoms with Gasteiger partial charge in [0, 0.05) is 57.9 Å². The lowest BCUT2D eigenvalue weighted by atomic mass is 9.80. The van der Waals surface area contributed by atoms with Crippen LogP contribution in [0.5, 0.6) is 0 Å². The van der Waals surface area contributed by atoms with E-state index in [4.69, 9.17) is 4.74 Å². The van der Waals surface area contributed by atoms with Crippen molar-refractivity contribution in [2.45, 2.75) is 122 Å². The molecular formula is C38H64N4O3. The van der Waals surface area contributed by atoms with Gasteiger partial charge in [0.1, 0.15) is 0 Å². The molecule has 2 heterocycles. The molecule has 0 aromatic carbocycles. The molecule has 0 aromatic heterocycles. The van der Waals surface area contributed by atoms with Crippen LogP contribution in [0.4, 0.5) is 4.79 Å². The second kappa shape index (κ2) is 18.6. The number of nitrogens with one attached hydrogen (secondary N) is 1. The molecule has 2 unspecified atom stereocenters. The summed E-state index contributed by atoms with van der Waals surface area (Å²) in [5, 5.41) is 2.73. The van der Waals surface area contributed by atoms with E-state index in [2.05, 4.69) is 66.1 Å². The van der Waals surface area contributed by atoms with Crippen molar-refractivity contribution in [2.24, 2.45) is 17.8 Å². The molecule has 0 bridgehead atoms. The van der Waals surface area contributed by atoms with E-state index in [-0.39, 0.29) is 23.5 Å². The summed E-state index contributed by atoms with van der Waals surface area (Å²) in [6.07, 6.45) is 23.7. The molecule has 0 radical (unpaired) electrons. The number of rotatable bonds is 13. The van der Waals surface area contributed by atoms with Gasteiger partial charge < -0.3 is 24.8 Å². The van der Waals surface area contributed by atoms with E-state index in [0.717, 1.165) is 96.6 Å². The van der Waals surface area contributed by atoms with Crippen LogP contribution in [0.3, 0.4) is 0 Å². The van der Waals surface area contributed by atoms with Crippen LogP contribution < -0.4 is 5.32 Å². The zero-order valence-electron chi connectivity index (χ0n) is 29.3. The Balaban J connectivity index is 0.000000385. The molecule has 2 saturated heterocycles. The Labute approximate surface area is 275 Å². The number of nitrogens with zero attached hydrogens (tertiary/aromatic N) is 3. The van der Waals surface area contributed by atoms with Crippen LogP contribution in [-0.2, 0) is 9.53 Å². The highest BCUT2D eigenvalue weighted by Gasteiger charge is 2.54. The maximum Gasteiger partial charge on any atom is 0.320 e. The lowest BCUT2D eigenvalue weighted by Gasteiger charge is -2.37. The van der Waals surface area contributed by atoms with E-state index in [0.29, 0.717) is 17.9 Å². The molecule has 2 aliphatic heterocycles. The molecule has 3 amide bonds. The van der Waals surface area contributed by atoms with Gasteiger partial charge in [0.25, 0.3) is 0 Å². The monoisotopic (exact) mass is 624 g/mol. The number of hydrogen-bond acceptors (Lipinski definition) is 4. The van der Waals surface area contributed by atoms with Gasteiger partial charge in [0.2, 0.25) is 5.91 Å². The average Bonchev–Trinajstić information content (AvgIpc) is 3.60. The first-order chi connectivity index (χ1) is 21.7. The maximum atomic E-state index is 13.5. The minimum absolute atomic E-state index is 0.0412. The number of amides is 3. The highest BCUT2D eigenvalue weighted by Crippen LogP contribution is 2.44. The molecule has 1 spiro atoms. The minimum Gasteiger partial charge on any atom is -0.381 e. The minimum atomic E-state index is -0.0412. The highest BCUT2D eigenvalue weighted by molar-refractivity contribution is 5.79. The van der Waals surface area contributed by atoms with Crippen molar-refractivity contribution in [2.75, 3.05) is 39.9 Å². The molecule has 4 rings (SSSR count). The molecule has 7 heteroatoms. The fraction of sp³-hybridized carbons (Fsp3) is 0.737. The predicted molar refractivity (Wildman–Crippen MR) is 187 cm³/mol. The molecule has 45 heavy (non-hydrogen) atoms.